The van der Waals surface area contributed by atoms with Crippen molar-refractivity contribution >= 4 is 46.4 Å². The molecule has 3 N–H and O–H groups in total. The largest absolute Gasteiger partial charge is 0.271 e. The Balaban J connectivity index is 2.31. The van der Waals surface area contributed by atoms with Crippen LogP contribution in [0.1, 0.15) is 17.2 Å². The van der Waals surface area contributed by atoms with Gasteiger partial charge >= 0.3 is 0 Å². The van der Waals surface area contributed by atoms with Crippen LogP contribution < -0.4 is 11.3 Å². The monoisotopic (exact) mass is 348 g/mol. The Morgan fingerprint density at radius 3 is 2.20 bits per heavy atom. The van der Waals surface area contributed by atoms with Crippen molar-refractivity contribution < 1.29 is 0 Å². The minimum atomic E-state index is -0.195. The van der Waals surface area contributed by atoms with Crippen molar-refractivity contribution in [1.82, 2.24) is 5.43 Å². The molecule has 0 saturated heterocycles. The van der Waals surface area contributed by atoms with Gasteiger partial charge in [0.15, 0.2) is 0 Å². The van der Waals surface area contributed by atoms with Crippen LogP contribution in [-0.4, -0.2) is 0 Å². The van der Waals surface area contributed by atoms with Gasteiger partial charge in [-0.2, -0.15) is 0 Å². The van der Waals surface area contributed by atoms with E-state index in [4.69, 9.17) is 52.2 Å². The number of rotatable bonds is 4. The lowest BCUT2D eigenvalue weighted by atomic mass is 9.99. The Bertz CT molecular complexity index is 616. The van der Waals surface area contributed by atoms with E-state index in [2.05, 4.69) is 5.43 Å². The Labute approximate surface area is 137 Å². The number of halogens is 4. The molecule has 6 heteroatoms. The van der Waals surface area contributed by atoms with Crippen molar-refractivity contribution in [2.24, 2.45) is 5.84 Å². The molecule has 1 unspecified atom stereocenters. The molecule has 0 fully saturated rings. The number of benzene rings is 2. The third-order valence-corrected chi connectivity index (χ3v) is 4.14. The predicted octanol–water partition coefficient (Wildman–Crippen LogP) is 5.05. The van der Waals surface area contributed by atoms with Gasteiger partial charge in [0.25, 0.3) is 0 Å². The number of hydrazine groups is 1. The Kier molecular flexibility index (Phi) is 5.56. The molecule has 0 heterocycles. The molecule has 0 aliphatic heterocycles. The quantitative estimate of drug-likeness (QED) is 0.598. The fourth-order valence-electron chi connectivity index (χ4n) is 1.95. The Morgan fingerprint density at radius 1 is 0.900 bits per heavy atom. The molecule has 0 aliphatic carbocycles. The summed E-state index contributed by atoms with van der Waals surface area (Å²) in [5, 5.41) is 2.39. The van der Waals surface area contributed by atoms with Crippen molar-refractivity contribution in [2.45, 2.75) is 12.5 Å². The van der Waals surface area contributed by atoms with Crippen LogP contribution >= 0.6 is 46.4 Å². The molecule has 0 amide bonds. The molecule has 1 atom stereocenters. The van der Waals surface area contributed by atoms with Gasteiger partial charge in [0, 0.05) is 20.1 Å². The van der Waals surface area contributed by atoms with Crippen LogP contribution in [0, 0.1) is 0 Å². The summed E-state index contributed by atoms with van der Waals surface area (Å²) in [6.07, 6.45) is 0.576. The normalized spacial score (nSPS) is 12.4. The van der Waals surface area contributed by atoms with Crippen LogP contribution in [-0.2, 0) is 6.42 Å². The van der Waals surface area contributed by atoms with E-state index >= 15 is 0 Å². The smallest absolute Gasteiger partial charge is 0.0516 e. The lowest BCUT2D eigenvalue weighted by Crippen LogP contribution is -2.29. The average Bonchev–Trinajstić information content (AvgIpc) is 2.41. The zero-order valence-electron chi connectivity index (χ0n) is 10.3. The second-order valence-electron chi connectivity index (χ2n) is 4.32. The lowest BCUT2D eigenvalue weighted by molar-refractivity contribution is 0.552. The molecular formula is C14H12Cl4N2. The van der Waals surface area contributed by atoms with Gasteiger partial charge < -0.3 is 0 Å². The fourth-order valence-corrected chi connectivity index (χ4v) is 2.86. The highest BCUT2D eigenvalue weighted by molar-refractivity contribution is 6.35. The van der Waals surface area contributed by atoms with E-state index in [1.54, 1.807) is 30.3 Å². The SMILES string of the molecule is NNC(Cc1ccc(Cl)cc1Cl)c1cc(Cl)ccc1Cl. The van der Waals surface area contributed by atoms with Crippen molar-refractivity contribution in [3.8, 4) is 0 Å². The highest BCUT2D eigenvalue weighted by Gasteiger charge is 2.16. The van der Waals surface area contributed by atoms with Gasteiger partial charge in [-0.3, -0.25) is 11.3 Å². The molecule has 2 nitrogen and oxygen atoms in total. The maximum absolute atomic E-state index is 6.19. The fraction of sp³-hybridized carbons (Fsp3) is 0.143. The van der Waals surface area contributed by atoms with Gasteiger partial charge in [-0.15, -0.1) is 0 Å². The number of nitrogens with two attached hydrogens (primary N) is 1. The van der Waals surface area contributed by atoms with E-state index in [1.165, 1.54) is 0 Å². The van der Waals surface area contributed by atoms with Gasteiger partial charge in [-0.05, 0) is 47.9 Å². The highest BCUT2D eigenvalue weighted by atomic mass is 35.5. The maximum atomic E-state index is 6.19. The molecule has 0 radical (unpaired) electrons. The summed E-state index contributed by atoms with van der Waals surface area (Å²) in [6, 6.07) is 10.4. The van der Waals surface area contributed by atoms with Crippen LogP contribution in [0.4, 0.5) is 0 Å². The van der Waals surface area contributed by atoms with Crippen LogP contribution in [0.3, 0.4) is 0 Å². The van der Waals surface area contributed by atoms with Gasteiger partial charge in [-0.1, -0.05) is 52.5 Å². The topological polar surface area (TPSA) is 38.0 Å². The maximum Gasteiger partial charge on any atom is 0.0516 e. The third-order valence-electron chi connectivity index (χ3n) is 2.97. The van der Waals surface area contributed by atoms with Crippen LogP contribution in [0.15, 0.2) is 36.4 Å². The van der Waals surface area contributed by atoms with E-state index in [0.717, 1.165) is 11.1 Å². The van der Waals surface area contributed by atoms with E-state index in [9.17, 15) is 0 Å². The molecular weight excluding hydrogens is 338 g/mol. The lowest BCUT2D eigenvalue weighted by Gasteiger charge is -2.19. The third kappa shape index (κ3) is 3.79. The number of nitrogens with one attached hydrogen (secondary N) is 1. The summed E-state index contributed by atoms with van der Waals surface area (Å²) in [4.78, 5) is 0. The molecule has 20 heavy (non-hydrogen) atoms. The minimum Gasteiger partial charge on any atom is -0.271 e. The van der Waals surface area contributed by atoms with Gasteiger partial charge in [-0.25, -0.2) is 0 Å². The molecule has 0 saturated carbocycles. The van der Waals surface area contributed by atoms with E-state index in [1.807, 2.05) is 6.07 Å². The van der Waals surface area contributed by atoms with Gasteiger partial charge in [0.05, 0.1) is 6.04 Å². The number of hydrogen-bond donors (Lipinski definition) is 2. The molecule has 0 aromatic heterocycles. The predicted molar refractivity (Wildman–Crippen MR) is 86.7 cm³/mol. The molecule has 0 spiro atoms. The summed E-state index contributed by atoms with van der Waals surface area (Å²) in [5.74, 6) is 5.63. The van der Waals surface area contributed by atoms with Crippen molar-refractivity contribution in [3.63, 3.8) is 0 Å². The summed E-state index contributed by atoms with van der Waals surface area (Å²) >= 11 is 24.3. The van der Waals surface area contributed by atoms with E-state index in [-0.39, 0.29) is 6.04 Å². The molecule has 106 valence electrons. The highest BCUT2D eigenvalue weighted by Crippen LogP contribution is 2.30. The summed E-state index contributed by atoms with van der Waals surface area (Å²) in [7, 11) is 0. The Hall–Kier alpha value is -0.480. The molecule has 2 rings (SSSR count). The second-order valence-corrected chi connectivity index (χ2v) is 6.01. The Morgan fingerprint density at radius 2 is 1.55 bits per heavy atom. The molecule has 0 bridgehead atoms. The van der Waals surface area contributed by atoms with Crippen LogP contribution in [0.2, 0.25) is 20.1 Å². The van der Waals surface area contributed by atoms with Crippen molar-refractivity contribution in [2.75, 3.05) is 0 Å². The zero-order chi connectivity index (χ0) is 14.7. The van der Waals surface area contributed by atoms with Crippen molar-refractivity contribution in [1.29, 1.82) is 0 Å². The average molecular weight is 350 g/mol. The standard InChI is InChI=1S/C14H12Cl4N2/c15-9-3-4-12(17)11(6-9)14(20-19)5-8-1-2-10(16)7-13(8)18/h1-4,6-7,14,20H,5,19H2. The first kappa shape index (κ1) is 15.9. The summed E-state index contributed by atoms with van der Waals surface area (Å²) in [5.41, 5.74) is 4.49. The minimum absolute atomic E-state index is 0.195. The van der Waals surface area contributed by atoms with Gasteiger partial charge in [0.2, 0.25) is 0 Å². The first-order valence-electron chi connectivity index (χ1n) is 5.86. The van der Waals surface area contributed by atoms with Gasteiger partial charge in [0.1, 0.15) is 0 Å². The van der Waals surface area contributed by atoms with Crippen molar-refractivity contribution in [3.05, 3.63) is 67.6 Å². The molecule has 2 aromatic rings. The number of hydrogen-bond acceptors (Lipinski definition) is 2. The first-order chi connectivity index (χ1) is 9.51. The van der Waals surface area contributed by atoms with Crippen LogP contribution in [0.5, 0.6) is 0 Å². The van der Waals surface area contributed by atoms with E-state index < -0.39 is 0 Å². The summed E-state index contributed by atoms with van der Waals surface area (Å²) < 4.78 is 0. The summed E-state index contributed by atoms with van der Waals surface area (Å²) in [6.45, 7) is 0. The van der Waals surface area contributed by atoms with E-state index in [0.29, 0.717) is 26.5 Å². The molecule has 2 aromatic carbocycles. The first-order valence-corrected chi connectivity index (χ1v) is 7.37. The second kappa shape index (κ2) is 6.99. The van der Waals surface area contributed by atoms with Crippen LogP contribution in [0.25, 0.3) is 0 Å². The molecule has 0 aliphatic rings. The zero-order valence-corrected chi connectivity index (χ0v) is 13.4.